The molecule has 1 aromatic carbocycles. The van der Waals surface area contributed by atoms with Gasteiger partial charge >= 0.3 is 0 Å². The van der Waals surface area contributed by atoms with Gasteiger partial charge in [0.1, 0.15) is 0 Å². The predicted molar refractivity (Wildman–Crippen MR) is 115 cm³/mol. The van der Waals surface area contributed by atoms with Crippen molar-refractivity contribution in [3.8, 4) is 0 Å². The van der Waals surface area contributed by atoms with Crippen LogP contribution in [0.25, 0.3) is 0 Å². The van der Waals surface area contributed by atoms with Crippen LogP contribution in [0.4, 0.5) is 5.69 Å². The lowest BCUT2D eigenvalue weighted by Crippen LogP contribution is -2.51. The fourth-order valence-corrected chi connectivity index (χ4v) is 5.21. The van der Waals surface area contributed by atoms with Gasteiger partial charge in [-0.1, -0.05) is 24.1 Å². The first-order chi connectivity index (χ1) is 12.7. The summed E-state index contributed by atoms with van der Waals surface area (Å²) in [5.74, 6) is 1.45. The molecule has 3 aliphatic rings. The van der Waals surface area contributed by atoms with Gasteiger partial charge in [-0.2, -0.15) is 0 Å². The van der Waals surface area contributed by atoms with Gasteiger partial charge < -0.3 is 20.3 Å². The van der Waals surface area contributed by atoms with E-state index in [-0.39, 0.29) is 12.4 Å². The third kappa shape index (κ3) is 5.10. The molecule has 27 heavy (non-hydrogen) atoms. The van der Waals surface area contributed by atoms with Gasteiger partial charge in [-0.05, 0) is 62.3 Å². The summed E-state index contributed by atoms with van der Waals surface area (Å²) in [5.41, 5.74) is 2.63. The average Bonchev–Trinajstić information content (AvgIpc) is 3.32. The van der Waals surface area contributed by atoms with Crippen molar-refractivity contribution >= 4 is 29.7 Å². The Morgan fingerprint density at radius 2 is 2.19 bits per heavy atom. The minimum Gasteiger partial charge on any atom is -0.379 e. The number of anilines is 1. The normalized spacial score (nSPS) is 31.1. The predicted octanol–water partition coefficient (Wildman–Crippen LogP) is 3.64. The number of hydrogen-bond acceptors (Lipinski definition) is 4. The number of benzene rings is 1. The van der Waals surface area contributed by atoms with Crippen LogP contribution in [-0.2, 0) is 4.74 Å². The van der Waals surface area contributed by atoms with E-state index in [2.05, 4.69) is 34.6 Å². The van der Waals surface area contributed by atoms with Gasteiger partial charge in [0.15, 0.2) is 0 Å². The van der Waals surface area contributed by atoms with E-state index >= 15 is 0 Å². The lowest BCUT2D eigenvalue weighted by molar-refractivity contribution is 0.0523. The summed E-state index contributed by atoms with van der Waals surface area (Å²) in [6, 6.07) is 7.42. The molecule has 1 saturated carbocycles. The highest BCUT2D eigenvalue weighted by molar-refractivity contribution is 6.30. The molecule has 2 saturated heterocycles. The Bertz CT molecular complexity index is 609. The van der Waals surface area contributed by atoms with E-state index in [4.69, 9.17) is 16.3 Å². The van der Waals surface area contributed by atoms with Gasteiger partial charge in [0.25, 0.3) is 0 Å². The van der Waals surface area contributed by atoms with Crippen molar-refractivity contribution < 1.29 is 4.74 Å². The third-order valence-electron chi connectivity index (χ3n) is 6.50. The second-order valence-corrected chi connectivity index (χ2v) is 8.71. The maximum absolute atomic E-state index is 6.21. The molecule has 4 atom stereocenters. The van der Waals surface area contributed by atoms with E-state index in [1.54, 1.807) is 0 Å². The average molecular weight is 414 g/mol. The zero-order valence-corrected chi connectivity index (χ0v) is 17.8. The highest BCUT2D eigenvalue weighted by atomic mass is 35.5. The Kier molecular flexibility index (Phi) is 7.69. The molecular formula is C21H33Cl2N3O. The number of nitrogens with zero attached hydrogens (tertiary/aromatic N) is 1. The van der Waals surface area contributed by atoms with Crippen LogP contribution in [0.1, 0.15) is 31.2 Å². The zero-order chi connectivity index (χ0) is 17.9. The minimum absolute atomic E-state index is 0. The maximum atomic E-state index is 6.21. The van der Waals surface area contributed by atoms with Crippen LogP contribution >= 0.6 is 24.0 Å². The molecule has 6 heteroatoms. The third-order valence-corrected chi connectivity index (χ3v) is 6.74. The zero-order valence-electron chi connectivity index (χ0n) is 16.3. The van der Waals surface area contributed by atoms with Crippen molar-refractivity contribution in [3.05, 3.63) is 28.8 Å². The summed E-state index contributed by atoms with van der Waals surface area (Å²) in [5, 5.41) is 8.43. The molecule has 3 fully saturated rings. The fraction of sp³-hybridized carbons (Fsp3) is 0.714. The van der Waals surface area contributed by atoms with Crippen LogP contribution in [0.5, 0.6) is 0 Å². The summed E-state index contributed by atoms with van der Waals surface area (Å²) in [4.78, 5) is 2.51. The number of ether oxygens (including phenoxy) is 1. The van der Waals surface area contributed by atoms with Crippen molar-refractivity contribution in [1.29, 1.82) is 0 Å². The van der Waals surface area contributed by atoms with Crippen molar-refractivity contribution in [2.24, 2.45) is 11.8 Å². The molecule has 0 bridgehead atoms. The maximum Gasteiger partial charge on any atom is 0.0623 e. The molecule has 1 aliphatic carbocycles. The first kappa shape index (κ1) is 21.2. The molecule has 2 heterocycles. The number of aryl methyl sites for hydroxylation is 1. The van der Waals surface area contributed by atoms with Crippen molar-refractivity contribution in [3.63, 3.8) is 0 Å². The van der Waals surface area contributed by atoms with Crippen LogP contribution in [0.3, 0.4) is 0 Å². The number of morpholine rings is 1. The first-order valence-electron chi connectivity index (χ1n) is 10.3. The number of hydrogen-bond donors (Lipinski definition) is 2. The van der Waals surface area contributed by atoms with Gasteiger partial charge in [-0.25, -0.2) is 0 Å². The van der Waals surface area contributed by atoms with E-state index in [0.29, 0.717) is 12.1 Å². The molecule has 0 spiro atoms. The van der Waals surface area contributed by atoms with E-state index in [1.807, 2.05) is 6.07 Å². The summed E-state index contributed by atoms with van der Waals surface area (Å²) < 4.78 is 5.70. The van der Waals surface area contributed by atoms with Crippen LogP contribution < -0.4 is 15.5 Å². The van der Waals surface area contributed by atoms with Crippen molar-refractivity contribution in [2.75, 3.05) is 44.3 Å². The van der Waals surface area contributed by atoms with Gasteiger partial charge in [-0.3, -0.25) is 0 Å². The van der Waals surface area contributed by atoms with Gasteiger partial charge in [-0.15, -0.1) is 12.4 Å². The Morgan fingerprint density at radius 1 is 1.30 bits per heavy atom. The molecule has 4 unspecified atom stereocenters. The number of nitrogens with one attached hydrogen (secondary N) is 2. The molecule has 4 rings (SSSR count). The number of halogens is 2. The monoisotopic (exact) mass is 413 g/mol. The number of rotatable bonds is 5. The van der Waals surface area contributed by atoms with Crippen LogP contribution in [0, 0.1) is 18.8 Å². The molecule has 2 aliphatic heterocycles. The van der Waals surface area contributed by atoms with E-state index in [9.17, 15) is 0 Å². The van der Waals surface area contributed by atoms with Crippen LogP contribution in [-0.4, -0.2) is 51.5 Å². The Morgan fingerprint density at radius 3 is 3.00 bits per heavy atom. The van der Waals surface area contributed by atoms with Crippen molar-refractivity contribution in [2.45, 2.75) is 44.7 Å². The second-order valence-electron chi connectivity index (χ2n) is 8.28. The SMILES string of the molecule is Cc1ccc(Cl)cc1N1CCC(CNC2CCCC2C2COCCN2)C1.Cl. The summed E-state index contributed by atoms with van der Waals surface area (Å²) in [7, 11) is 0. The highest BCUT2D eigenvalue weighted by Crippen LogP contribution is 2.31. The molecule has 0 amide bonds. The fourth-order valence-electron chi connectivity index (χ4n) is 5.04. The first-order valence-corrected chi connectivity index (χ1v) is 10.6. The summed E-state index contributed by atoms with van der Waals surface area (Å²) >= 11 is 6.21. The van der Waals surface area contributed by atoms with E-state index in [0.717, 1.165) is 56.3 Å². The largest absolute Gasteiger partial charge is 0.379 e. The molecule has 0 radical (unpaired) electrons. The lowest BCUT2D eigenvalue weighted by atomic mass is 9.93. The molecule has 2 N–H and O–H groups in total. The molecule has 1 aromatic rings. The quantitative estimate of drug-likeness (QED) is 0.772. The van der Waals surface area contributed by atoms with E-state index < -0.39 is 0 Å². The second kappa shape index (κ2) is 9.80. The van der Waals surface area contributed by atoms with Gasteiger partial charge in [0, 0.05) is 42.4 Å². The molecular weight excluding hydrogens is 381 g/mol. The Labute approximate surface area is 174 Å². The van der Waals surface area contributed by atoms with Crippen LogP contribution in [0.15, 0.2) is 18.2 Å². The molecule has 0 aromatic heterocycles. The van der Waals surface area contributed by atoms with Crippen molar-refractivity contribution in [1.82, 2.24) is 10.6 Å². The molecule has 4 nitrogen and oxygen atoms in total. The van der Waals surface area contributed by atoms with Crippen LogP contribution in [0.2, 0.25) is 5.02 Å². The smallest absolute Gasteiger partial charge is 0.0623 e. The summed E-state index contributed by atoms with van der Waals surface area (Å²) in [6.07, 6.45) is 5.25. The van der Waals surface area contributed by atoms with E-state index in [1.165, 1.54) is 36.9 Å². The minimum atomic E-state index is 0. The lowest BCUT2D eigenvalue weighted by Gasteiger charge is -2.33. The van der Waals surface area contributed by atoms with Gasteiger partial charge in [0.05, 0.1) is 13.2 Å². The Balaban J connectivity index is 0.00000210. The topological polar surface area (TPSA) is 36.5 Å². The highest BCUT2D eigenvalue weighted by Gasteiger charge is 2.35. The standard InChI is InChI=1S/C21H32ClN3O.ClH/c1-15-5-6-17(22)11-21(15)25-9-7-16(13-25)12-24-19-4-2-3-18(19)20-14-26-10-8-23-20;/h5-6,11,16,18-20,23-24H,2-4,7-10,12-14H2,1H3;1H. The molecule has 152 valence electrons. The van der Waals surface area contributed by atoms with Gasteiger partial charge in [0.2, 0.25) is 0 Å². The summed E-state index contributed by atoms with van der Waals surface area (Å²) in [6.45, 7) is 8.33. The Hall–Kier alpha value is -0.520.